The van der Waals surface area contributed by atoms with Crippen LogP contribution < -0.4 is 0 Å². The van der Waals surface area contributed by atoms with Crippen molar-refractivity contribution >= 4 is 0 Å². The molecule has 18 heavy (non-hydrogen) atoms. The molecule has 0 aliphatic carbocycles. The zero-order chi connectivity index (χ0) is 13.2. The van der Waals surface area contributed by atoms with Crippen LogP contribution in [0.25, 0.3) is 0 Å². The average molecular weight is 257 g/mol. The van der Waals surface area contributed by atoms with Crippen LogP contribution in [0.3, 0.4) is 0 Å². The van der Waals surface area contributed by atoms with Gasteiger partial charge >= 0.3 is 6.18 Å². The minimum Gasteiger partial charge on any atom is -0.391 e. The van der Waals surface area contributed by atoms with Crippen LogP contribution >= 0.6 is 0 Å². The first kappa shape index (κ1) is 12.6. The third kappa shape index (κ3) is 2.70. The first-order valence-electron chi connectivity index (χ1n) is 5.20. The number of rotatable bonds is 3. The minimum absolute atomic E-state index is 0.166. The standard InChI is InChI=1S/C12H10F3NO2/c13-12(14,15)10-3-1-2-8(4-10)5-11-9(7-17)6-16-18-11/h1-4,6,17H,5,7H2. The largest absolute Gasteiger partial charge is 0.416 e. The van der Waals surface area contributed by atoms with Gasteiger partial charge < -0.3 is 9.63 Å². The summed E-state index contributed by atoms with van der Waals surface area (Å²) < 4.78 is 42.4. The molecule has 1 heterocycles. The van der Waals surface area contributed by atoms with Crippen molar-refractivity contribution in [2.45, 2.75) is 19.2 Å². The summed E-state index contributed by atoms with van der Waals surface area (Å²) in [7, 11) is 0. The number of benzene rings is 1. The molecule has 0 aliphatic heterocycles. The number of nitrogens with zero attached hydrogens (tertiary/aromatic N) is 1. The second-order valence-corrected chi connectivity index (χ2v) is 3.81. The van der Waals surface area contributed by atoms with Gasteiger partial charge in [-0.25, -0.2) is 0 Å². The maximum atomic E-state index is 12.5. The monoisotopic (exact) mass is 257 g/mol. The fraction of sp³-hybridized carbons (Fsp3) is 0.250. The molecular weight excluding hydrogens is 247 g/mol. The summed E-state index contributed by atoms with van der Waals surface area (Å²) >= 11 is 0. The van der Waals surface area contributed by atoms with Crippen LogP contribution in [0.4, 0.5) is 13.2 Å². The Morgan fingerprint density at radius 3 is 2.72 bits per heavy atom. The van der Waals surface area contributed by atoms with E-state index in [0.717, 1.165) is 12.1 Å². The van der Waals surface area contributed by atoms with Crippen molar-refractivity contribution < 1.29 is 22.8 Å². The number of hydrogen-bond acceptors (Lipinski definition) is 3. The zero-order valence-corrected chi connectivity index (χ0v) is 9.24. The second kappa shape index (κ2) is 4.81. The van der Waals surface area contributed by atoms with Gasteiger partial charge in [0.2, 0.25) is 0 Å². The molecule has 1 aromatic heterocycles. The van der Waals surface area contributed by atoms with E-state index in [0.29, 0.717) is 16.9 Å². The molecule has 96 valence electrons. The molecule has 3 nitrogen and oxygen atoms in total. The SMILES string of the molecule is OCc1cnoc1Cc1cccc(C(F)(F)F)c1. The van der Waals surface area contributed by atoms with Gasteiger partial charge in [-0.3, -0.25) is 0 Å². The highest BCUT2D eigenvalue weighted by atomic mass is 19.4. The van der Waals surface area contributed by atoms with Crippen LogP contribution in [0.15, 0.2) is 35.0 Å². The first-order valence-corrected chi connectivity index (χ1v) is 5.20. The van der Waals surface area contributed by atoms with Gasteiger partial charge in [0.25, 0.3) is 0 Å². The Morgan fingerprint density at radius 2 is 2.06 bits per heavy atom. The van der Waals surface area contributed by atoms with Crippen LogP contribution in [0.2, 0.25) is 0 Å². The first-order chi connectivity index (χ1) is 8.50. The van der Waals surface area contributed by atoms with Crippen molar-refractivity contribution in [2.24, 2.45) is 0 Å². The van der Waals surface area contributed by atoms with Crippen molar-refractivity contribution in [1.82, 2.24) is 5.16 Å². The molecule has 2 aromatic rings. The average Bonchev–Trinajstić information content (AvgIpc) is 2.75. The Bertz CT molecular complexity index is 534. The molecule has 0 atom stereocenters. The van der Waals surface area contributed by atoms with E-state index in [1.54, 1.807) is 6.07 Å². The third-order valence-electron chi connectivity index (χ3n) is 2.52. The molecule has 0 aliphatic rings. The van der Waals surface area contributed by atoms with E-state index in [4.69, 9.17) is 9.63 Å². The normalized spacial score (nSPS) is 11.8. The van der Waals surface area contributed by atoms with Gasteiger partial charge in [-0.15, -0.1) is 0 Å². The van der Waals surface area contributed by atoms with Crippen molar-refractivity contribution in [3.63, 3.8) is 0 Å². The van der Waals surface area contributed by atoms with Gasteiger partial charge in [0.15, 0.2) is 0 Å². The van der Waals surface area contributed by atoms with Crippen molar-refractivity contribution in [3.8, 4) is 0 Å². The van der Waals surface area contributed by atoms with E-state index in [9.17, 15) is 13.2 Å². The van der Waals surface area contributed by atoms with E-state index in [-0.39, 0.29) is 13.0 Å². The molecule has 0 amide bonds. The van der Waals surface area contributed by atoms with E-state index >= 15 is 0 Å². The molecule has 0 spiro atoms. The van der Waals surface area contributed by atoms with Crippen LogP contribution in [0.5, 0.6) is 0 Å². The molecule has 6 heteroatoms. The van der Waals surface area contributed by atoms with Gasteiger partial charge in [0.05, 0.1) is 18.4 Å². The second-order valence-electron chi connectivity index (χ2n) is 3.81. The lowest BCUT2D eigenvalue weighted by Crippen LogP contribution is -2.05. The lowest BCUT2D eigenvalue weighted by atomic mass is 10.0. The smallest absolute Gasteiger partial charge is 0.391 e. The topological polar surface area (TPSA) is 46.3 Å². The summed E-state index contributed by atoms with van der Waals surface area (Å²) in [6.45, 7) is -0.252. The highest BCUT2D eigenvalue weighted by molar-refractivity contribution is 5.29. The van der Waals surface area contributed by atoms with Crippen LogP contribution in [-0.4, -0.2) is 10.3 Å². The number of aliphatic hydroxyl groups is 1. The Balaban J connectivity index is 2.25. The van der Waals surface area contributed by atoms with E-state index in [1.807, 2.05) is 0 Å². The summed E-state index contributed by atoms with van der Waals surface area (Å²) in [5, 5.41) is 12.5. The molecule has 2 rings (SSSR count). The Morgan fingerprint density at radius 1 is 1.28 bits per heavy atom. The number of aromatic nitrogens is 1. The molecule has 0 saturated heterocycles. The molecule has 0 bridgehead atoms. The van der Waals surface area contributed by atoms with E-state index in [2.05, 4.69) is 5.16 Å². The molecule has 1 aromatic carbocycles. The van der Waals surface area contributed by atoms with Crippen LogP contribution in [0.1, 0.15) is 22.5 Å². The highest BCUT2D eigenvalue weighted by Gasteiger charge is 2.30. The summed E-state index contributed by atoms with van der Waals surface area (Å²) in [5.41, 5.74) is 0.230. The Kier molecular flexibility index (Phi) is 3.38. The maximum absolute atomic E-state index is 12.5. The molecule has 0 fully saturated rings. The predicted octanol–water partition coefficient (Wildman–Crippen LogP) is 2.78. The van der Waals surface area contributed by atoms with Crippen molar-refractivity contribution in [3.05, 3.63) is 52.9 Å². The lowest BCUT2D eigenvalue weighted by Gasteiger charge is -2.08. The number of hydrogen-bond donors (Lipinski definition) is 1. The minimum atomic E-state index is -4.36. The Hall–Kier alpha value is -1.82. The number of alkyl halides is 3. The fourth-order valence-electron chi connectivity index (χ4n) is 1.60. The summed E-state index contributed by atoms with van der Waals surface area (Å²) in [6, 6.07) is 4.98. The maximum Gasteiger partial charge on any atom is 0.416 e. The van der Waals surface area contributed by atoms with Gasteiger partial charge in [-0.2, -0.15) is 13.2 Å². The molecular formula is C12H10F3NO2. The number of aliphatic hydroxyl groups excluding tert-OH is 1. The molecule has 0 radical (unpaired) electrons. The van der Waals surface area contributed by atoms with E-state index in [1.165, 1.54) is 12.3 Å². The fourth-order valence-corrected chi connectivity index (χ4v) is 1.60. The van der Waals surface area contributed by atoms with Gasteiger partial charge in [-0.05, 0) is 11.6 Å². The lowest BCUT2D eigenvalue weighted by molar-refractivity contribution is -0.137. The summed E-state index contributed by atoms with van der Waals surface area (Å²) in [4.78, 5) is 0. The van der Waals surface area contributed by atoms with Gasteiger partial charge in [-0.1, -0.05) is 23.4 Å². The van der Waals surface area contributed by atoms with Crippen LogP contribution in [-0.2, 0) is 19.2 Å². The van der Waals surface area contributed by atoms with Crippen molar-refractivity contribution in [2.75, 3.05) is 0 Å². The molecule has 0 unspecified atom stereocenters. The van der Waals surface area contributed by atoms with Gasteiger partial charge in [0, 0.05) is 12.0 Å². The summed E-state index contributed by atoms with van der Waals surface area (Å²) in [5.74, 6) is 0.372. The summed E-state index contributed by atoms with van der Waals surface area (Å²) in [6.07, 6.45) is -2.85. The van der Waals surface area contributed by atoms with Gasteiger partial charge in [0.1, 0.15) is 5.76 Å². The van der Waals surface area contributed by atoms with E-state index < -0.39 is 11.7 Å². The molecule has 1 N–H and O–H groups in total. The van der Waals surface area contributed by atoms with Crippen molar-refractivity contribution in [1.29, 1.82) is 0 Å². The predicted molar refractivity (Wildman–Crippen MR) is 56.7 cm³/mol. The van der Waals surface area contributed by atoms with Crippen LogP contribution in [0, 0.1) is 0 Å². The highest BCUT2D eigenvalue weighted by Crippen LogP contribution is 2.30. The quantitative estimate of drug-likeness (QED) is 0.919. The molecule has 0 saturated carbocycles. The zero-order valence-electron chi connectivity index (χ0n) is 9.24. The Labute approximate surface area is 101 Å². The number of halogens is 3. The third-order valence-corrected chi connectivity index (χ3v) is 2.52.